The molecule has 7 heteroatoms. The number of amides is 1. The van der Waals surface area contributed by atoms with Crippen LogP contribution >= 0.6 is 11.6 Å². The van der Waals surface area contributed by atoms with Crippen molar-refractivity contribution in [1.29, 1.82) is 0 Å². The van der Waals surface area contributed by atoms with E-state index in [9.17, 15) is 4.79 Å². The van der Waals surface area contributed by atoms with Crippen molar-refractivity contribution in [3.05, 3.63) is 6.07 Å². The van der Waals surface area contributed by atoms with E-state index < -0.39 is 0 Å². The summed E-state index contributed by atoms with van der Waals surface area (Å²) in [6.07, 6.45) is 1.92. The van der Waals surface area contributed by atoms with Gasteiger partial charge < -0.3 is 9.47 Å². The van der Waals surface area contributed by atoms with E-state index in [4.69, 9.17) is 21.1 Å². The summed E-state index contributed by atoms with van der Waals surface area (Å²) in [6, 6.07) is 1.53. The Hall–Kier alpha value is -1.56. The van der Waals surface area contributed by atoms with Gasteiger partial charge in [0, 0.05) is 12.3 Å². The van der Waals surface area contributed by atoms with Crippen LogP contribution in [-0.4, -0.2) is 36.0 Å². The number of nitrogens with zero attached hydrogens (tertiary/aromatic N) is 2. The molecule has 0 aliphatic heterocycles. The van der Waals surface area contributed by atoms with E-state index in [-0.39, 0.29) is 11.9 Å². The summed E-state index contributed by atoms with van der Waals surface area (Å²) in [5.41, 5.74) is 0. The van der Waals surface area contributed by atoms with Crippen molar-refractivity contribution in [2.75, 3.05) is 25.4 Å². The number of methoxy groups -OCH3 is 2. The van der Waals surface area contributed by atoms with Crippen molar-refractivity contribution in [3.63, 3.8) is 0 Å². The first-order chi connectivity index (χ1) is 8.69. The standard InChI is InChI=1S/C11H16ClN3O3/c1-17-9-7-10(18-2)15-11(14-9)13-8(16)5-3-4-6-12/h7H,3-6H2,1-2H3,(H,13,14,15,16). The summed E-state index contributed by atoms with van der Waals surface area (Å²) in [6.45, 7) is 0. The Balaban J connectivity index is 2.62. The number of hydrogen-bond acceptors (Lipinski definition) is 5. The van der Waals surface area contributed by atoms with E-state index in [1.807, 2.05) is 0 Å². The largest absolute Gasteiger partial charge is 0.481 e. The molecular weight excluding hydrogens is 258 g/mol. The molecule has 1 aromatic heterocycles. The van der Waals surface area contributed by atoms with Crippen LogP contribution in [-0.2, 0) is 4.79 Å². The summed E-state index contributed by atoms with van der Waals surface area (Å²) < 4.78 is 9.96. The summed E-state index contributed by atoms with van der Waals surface area (Å²) in [5.74, 6) is 1.23. The van der Waals surface area contributed by atoms with Crippen LogP contribution in [0.15, 0.2) is 6.07 Å². The lowest BCUT2D eigenvalue weighted by atomic mass is 10.2. The van der Waals surface area contributed by atoms with Gasteiger partial charge in [0.2, 0.25) is 23.6 Å². The van der Waals surface area contributed by atoms with Gasteiger partial charge in [0.25, 0.3) is 0 Å². The minimum absolute atomic E-state index is 0.157. The highest BCUT2D eigenvalue weighted by Gasteiger charge is 2.08. The average molecular weight is 274 g/mol. The molecule has 100 valence electrons. The Bertz CT molecular complexity index is 379. The van der Waals surface area contributed by atoms with Crippen LogP contribution in [0.25, 0.3) is 0 Å². The number of halogens is 1. The van der Waals surface area contributed by atoms with Gasteiger partial charge >= 0.3 is 0 Å². The van der Waals surface area contributed by atoms with E-state index >= 15 is 0 Å². The minimum Gasteiger partial charge on any atom is -0.481 e. The lowest BCUT2D eigenvalue weighted by Gasteiger charge is -2.07. The molecule has 0 aliphatic carbocycles. The van der Waals surface area contributed by atoms with Gasteiger partial charge in [-0.3, -0.25) is 10.1 Å². The summed E-state index contributed by atoms with van der Waals surface area (Å²) in [5, 5.41) is 2.59. The smallest absolute Gasteiger partial charge is 0.236 e. The SMILES string of the molecule is COc1cc(OC)nc(NC(=O)CCCCCl)n1. The van der Waals surface area contributed by atoms with Crippen molar-refractivity contribution in [2.24, 2.45) is 0 Å². The zero-order valence-electron chi connectivity index (χ0n) is 10.4. The van der Waals surface area contributed by atoms with Crippen LogP contribution in [0.1, 0.15) is 19.3 Å². The molecule has 0 aromatic carbocycles. The third-order valence-electron chi connectivity index (χ3n) is 2.14. The number of aromatic nitrogens is 2. The molecule has 6 nitrogen and oxygen atoms in total. The number of carbonyl (C=O) groups is 1. The predicted molar refractivity (Wildman–Crippen MR) is 68.3 cm³/mol. The molecule has 0 aliphatic rings. The highest BCUT2D eigenvalue weighted by Crippen LogP contribution is 2.17. The van der Waals surface area contributed by atoms with Crippen LogP contribution in [0.5, 0.6) is 11.8 Å². The Morgan fingerprint density at radius 3 is 2.39 bits per heavy atom. The molecule has 0 radical (unpaired) electrons. The summed E-state index contributed by atoms with van der Waals surface area (Å²) in [4.78, 5) is 19.6. The Labute approximate surface area is 111 Å². The molecule has 1 heterocycles. The van der Waals surface area contributed by atoms with Gasteiger partial charge in [-0.05, 0) is 12.8 Å². The van der Waals surface area contributed by atoms with Crippen molar-refractivity contribution >= 4 is 23.5 Å². The molecule has 1 rings (SSSR count). The molecule has 1 N–H and O–H groups in total. The third kappa shape index (κ3) is 4.75. The normalized spacial score (nSPS) is 9.94. The van der Waals surface area contributed by atoms with Gasteiger partial charge in [0.15, 0.2) is 0 Å². The fourth-order valence-electron chi connectivity index (χ4n) is 1.24. The second-order valence-electron chi connectivity index (χ2n) is 3.47. The first-order valence-electron chi connectivity index (χ1n) is 5.52. The molecule has 0 saturated heterocycles. The molecule has 18 heavy (non-hydrogen) atoms. The number of nitrogens with one attached hydrogen (secondary N) is 1. The predicted octanol–water partition coefficient (Wildman–Crippen LogP) is 1.84. The van der Waals surface area contributed by atoms with Crippen molar-refractivity contribution in [1.82, 2.24) is 9.97 Å². The van der Waals surface area contributed by atoms with Crippen molar-refractivity contribution in [3.8, 4) is 11.8 Å². The van der Waals surface area contributed by atoms with Crippen LogP contribution in [0.3, 0.4) is 0 Å². The highest BCUT2D eigenvalue weighted by atomic mass is 35.5. The number of anilines is 1. The number of ether oxygens (including phenoxy) is 2. The van der Waals surface area contributed by atoms with Crippen LogP contribution < -0.4 is 14.8 Å². The van der Waals surface area contributed by atoms with E-state index in [2.05, 4.69) is 15.3 Å². The second-order valence-corrected chi connectivity index (χ2v) is 3.85. The number of unbranched alkanes of at least 4 members (excludes halogenated alkanes) is 1. The van der Waals surface area contributed by atoms with Gasteiger partial charge in [-0.15, -0.1) is 11.6 Å². The maximum atomic E-state index is 11.6. The molecule has 1 amide bonds. The maximum absolute atomic E-state index is 11.6. The van der Waals surface area contributed by atoms with E-state index in [0.717, 1.165) is 12.8 Å². The Kier molecular flexibility index (Phi) is 6.21. The molecule has 0 unspecified atom stereocenters. The van der Waals surface area contributed by atoms with Crippen molar-refractivity contribution in [2.45, 2.75) is 19.3 Å². The molecule has 0 saturated carbocycles. The monoisotopic (exact) mass is 273 g/mol. The molecule has 0 spiro atoms. The topological polar surface area (TPSA) is 73.3 Å². The Morgan fingerprint density at radius 1 is 1.28 bits per heavy atom. The minimum atomic E-state index is -0.157. The first kappa shape index (κ1) is 14.5. The van der Waals surface area contributed by atoms with Crippen LogP contribution in [0.2, 0.25) is 0 Å². The lowest BCUT2D eigenvalue weighted by Crippen LogP contribution is -2.14. The summed E-state index contributed by atoms with van der Waals surface area (Å²) in [7, 11) is 2.96. The highest BCUT2D eigenvalue weighted by molar-refractivity contribution is 6.17. The second kappa shape index (κ2) is 7.71. The van der Waals surface area contributed by atoms with Gasteiger partial charge in [0.1, 0.15) is 0 Å². The van der Waals surface area contributed by atoms with Crippen LogP contribution in [0, 0.1) is 0 Å². The molecule has 0 bridgehead atoms. The molecule has 0 fully saturated rings. The number of hydrogen-bond donors (Lipinski definition) is 1. The van der Waals surface area contributed by atoms with E-state index in [0.29, 0.717) is 24.1 Å². The zero-order valence-corrected chi connectivity index (χ0v) is 11.2. The number of alkyl halides is 1. The van der Waals surface area contributed by atoms with Gasteiger partial charge in [-0.1, -0.05) is 0 Å². The lowest BCUT2D eigenvalue weighted by molar-refractivity contribution is -0.116. The van der Waals surface area contributed by atoms with Crippen LogP contribution in [0.4, 0.5) is 5.95 Å². The van der Waals surface area contributed by atoms with E-state index in [1.165, 1.54) is 20.3 Å². The zero-order chi connectivity index (χ0) is 13.4. The number of carbonyl (C=O) groups excluding carboxylic acids is 1. The Morgan fingerprint density at radius 2 is 1.89 bits per heavy atom. The third-order valence-corrected chi connectivity index (χ3v) is 2.40. The molecule has 0 atom stereocenters. The molecular formula is C11H16ClN3O3. The molecule has 1 aromatic rings. The first-order valence-corrected chi connectivity index (χ1v) is 6.06. The quantitative estimate of drug-likeness (QED) is 0.606. The van der Waals surface area contributed by atoms with Gasteiger partial charge in [-0.2, -0.15) is 9.97 Å². The fourth-order valence-corrected chi connectivity index (χ4v) is 1.43. The van der Waals surface area contributed by atoms with Gasteiger partial charge in [-0.25, -0.2) is 0 Å². The van der Waals surface area contributed by atoms with Gasteiger partial charge in [0.05, 0.1) is 20.3 Å². The summed E-state index contributed by atoms with van der Waals surface area (Å²) >= 11 is 5.53. The average Bonchev–Trinajstić information content (AvgIpc) is 2.38. The fraction of sp³-hybridized carbons (Fsp3) is 0.545. The number of rotatable bonds is 7. The van der Waals surface area contributed by atoms with E-state index in [1.54, 1.807) is 0 Å². The maximum Gasteiger partial charge on any atom is 0.236 e. The van der Waals surface area contributed by atoms with Crippen molar-refractivity contribution < 1.29 is 14.3 Å².